The largest absolute Gasteiger partial charge is 0.455 e. The second kappa shape index (κ2) is 5.59. The summed E-state index contributed by atoms with van der Waals surface area (Å²) in [4.78, 5) is 4.04. The highest BCUT2D eigenvalue weighted by Crippen LogP contribution is 2.31. The smallest absolute Gasteiger partial charge is 0.145 e. The van der Waals surface area contributed by atoms with Crippen LogP contribution in [0.5, 0.6) is 11.5 Å². The van der Waals surface area contributed by atoms with Crippen LogP contribution < -0.4 is 10.1 Å². The van der Waals surface area contributed by atoms with Gasteiger partial charge in [0.15, 0.2) is 0 Å². The second-order valence-corrected chi connectivity index (χ2v) is 5.07. The summed E-state index contributed by atoms with van der Waals surface area (Å²) in [5, 5.41) is 4.19. The summed E-state index contributed by atoms with van der Waals surface area (Å²) in [6.45, 7) is 0.736. The molecular weight excluding hydrogens is 260 g/mol. The standard InChI is InChI=1S/C15H15ClN2O/c16-14-4-1-5-15(13(14)10-18-11-6-7-11)19-12-3-2-8-17-9-12/h1-5,8-9,11,18H,6-7,10H2. The van der Waals surface area contributed by atoms with Crippen molar-refractivity contribution in [2.45, 2.75) is 25.4 Å². The SMILES string of the molecule is Clc1cccc(Oc2cccnc2)c1CNC1CC1. The van der Waals surface area contributed by atoms with E-state index in [9.17, 15) is 0 Å². The first-order chi connectivity index (χ1) is 9.33. The first-order valence-corrected chi connectivity index (χ1v) is 6.79. The van der Waals surface area contributed by atoms with Gasteiger partial charge in [-0.3, -0.25) is 4.98 Å². The Morgan fingerprint density at radius 3 is 2.89 bits per heavy atom. The van der Waals surface area contributed by atoms with Crippen molar-refractivity contribution in [3.63, 3.8) is 0 Å². The third-order valence-corrected chi connectivity index (χ3v) is 3.44. The van der Waals surface area contributed by atoms with E-state index >= 15 is 0 Å². The molecule has 1 fully saturated rings. The molecule has 19 heavy (non-hydrogen) atoms. The highest BCUT2D eigenvalue weighted by molar-refractivity contribution is 6.31. The summed E-state index contributed by atoms with van der Waals surface area (Å²) >= 11 is 6.26. The van der Waals surface area contributed by atoms with Crippen molar-refractivity contribution in [2.24, 2.45) is 0 Å². The van der Waals surface area contributed by atoms with Gasteiger partial charge in [0, 0.05) is 29.4 Å². The van der Waals surface area contributed by atoms with Crippen LogP contribution in [0.15, 0.2) is 42.7 Å². The van der Waals surface area contributed by atoms with E-state index in [4.69, 9.17) is 16.3 Å². The molecule has 3 nitrogen and oxygen atoms in total. The van der Waals surface area contributed by atoms with E-state index in [1.54, 1.807) is 12.4 Å². The number of ether oxygens (including phenoxy) is 1. The second-order valence-electron chi connectivity index (χ2n) is 4.66. The number of benzene rings is 1. The Kier molecular flexibility index (Phi) is 3.67. The third-order valence-electron chi connectivity index (χ3n) is 3.08. The molecule has 0 atom stereocenters. The lowest BCUT2D eigenvalue weighted by Crippen LogP contribution is -2.16. The van der Waals surface area contributed by atoms with E-state index in [0.717, 1.165) is 28.6 Å². The summed E-state index contributed by atoms with van der Waals surface area (Å²) in [7, 11) is 0. The van der Waals surface area contributed by atoms with E-state index in [1.165, 1.54) is 12.8 Å². The van der Waals surface area contributed by atoms with Crippen molar-refractivity contribution in [1.82, 2.24) is 10.3 Å². The van der Waals surface area contributed by atoms with Crippen molar-refractivity contribution in [1.29, 1.82) is 0 Å². The number of hydrogen-bond donors (Lipinski definition) is 1. The highest BCUT2D eigenvalue weighted by atomic mass is 35.5. The van der Waals surface area contributed by atoms with E-state index in [1.807, 2.05) is 30.3 Å². The Bertz CT molecular complexity index is 555. The van der Waals surface area contributed by atoms with Gasteiger partial charge in [-0.2, -0.15) is 0 Å². The minimum atomic E-state index is 0.641. The number of pyridine rings is 1. The van der Waals surface area contributed by atoms with Gasteiger partial charge in [-0.25, -0.2) is 0 Å². The minimum Gasteiger partial charge on any atom is -0.455 e. The van der Waals surface area contributed by atoms with Crippen molar-refractivity contribution in [3.05, 3.63) is 53.3 Å². The monoisotopic (exact) mass is 274 g/mol. The Hall–Kier alpha value is -1.58. The maximum atomic E-state index is 6.26. The van der Waals surface area contributed by atoms with Crippen LogP contribution in [0.3, 0.4) is 0 Å². The average Bonchev–Trinajstić information content (AvgIpc) is 3.23. The molecule has 0 unspecified atom stereocenters. The maximum absolute atomic E-state index is 6.26. The van der Waals surface area contributed by atoms with E-state index in [2.05, 4.69) is 10.3 Å². The molecule has 1 saturated carbocycles. The Labute approximate surface area is 117 Å². The average molecular weight is 275 g/mol. The zero-order valence-electron chi connectivity index (χ0n) is 10.5. The van der Waals surface area contributed by atoms with Gasteiger partial charge in [-0.15, -0.1) is 0 Å². The van der Waals surface area contributed by atoms with Gasteiger partial charge in [0.25, 0.3) is 0 Å². The molecule has 0 spiro atoms. The highest BCUT2D eigenvalue weighted by Gasteiger charge is 2.21. The van der Waals surface area contributed by atoms with Gasteiger partial charge >= 0.3 is 0 Å². The zero-order chi connectivity index (χ0) is 13.1. The molecule has 0 radical (unpaired) electrons. The van der Waals surface area contributed by atoms with Gasteiger partial charge in [-0.1, -0.05) is 17.7 Å². The van der Waals surface area contributed by atoms with Crippen molar-refractivity contribution >= 4 is 11.6 Å². The van der Waals surface area contributed by atoms with Crippen LogP contribution in [0.2, 0.25) is 5.02 Å². The number of hydrogen-bond acceptors (Lipinski definition) is 3. The molecule has 1 aliphatic carbocycles. The first-order valence-electron chi connectivity index (χ1n) is 6.41. The summed E-state index contributed by atoms with van der Waals surface area (Å²) in [5.41, 5.74) is 1.000. The Morgan fingerprint density at radius 1 is 1.26 bits per heavy atom. The summed E-state index contributed by atoms with van der Waals surface area (Å²) in [6, 6.07) is 10.1. The fourth-order valence-corrected chi connectivity index (χ4v) is 2.11. The summed E-state index contributed by atoms with van der Waals surface area (Å²) in [5.74, 6) is 1.51. The molecule has 0 aliphatic heterocycles. The molecule has 0 saturated heterocycles. The number of nitrogens with one attached hydrogen (secondary N) is 1. The van der Waals surface area contributed by atoms with Crippen molar-refractivity contribution < 1.29 is 4.74 Å². The van der Waals surface area contributed by atoms with Gasteiger partial charge < -0.3 is 10.1 Å². The third kappa shape index (κ3) is 3.25. The number of halogens is 1. The molecular formula is C15H15ClN2O. The predicted octanol–water partition coefficient (Wildman–Crippen LogP) is 3.78. The van der Waals surface area contributed by atoms with Gasteiger partial charge in [-0.05, 0) is 37.1 Å². The molecule has 1 aromatic carbocycles. The molecule has 4 heteroatoms. The molecule has 1 heterocycles. The van der Waals surface area contributed by atoms with Crippen LogP contribution in [0.25, 0.3) is 0 Å². The number of nitrogens with zero attached hydrogens (tertiary/aromatic N) is 1. The van der Waals surface area contributed by atoms with Gasteiger partial charge in [0.05, 0.1) is 6.20 Å². The van der Waals surface area contributed by atoms with E-state index in [0.29, 0.717) is 6.04 Å². The fourth-order valence-electron chi connectivity index (χ4n) is 1.87. The lowest BCUT2D eigenvalue weighted by molar-refractivity contribution is 0.470. The summed E-state index contributed by atoms with van der Waals surface area (Å²) < 4.78 is 5.86. The lowest BCUT2D eigenvalue weighted by Gasteiger charge is -2.13. The summed E-state index contributed by atoms with van der Waals surface area (Å²) in [6.07, 6.45) is 5.92. The van der Waals surface area contributed by atoms with Crippen LogP contribution in [0, 0.1) is 0 Å². The minimum absolute atomic E-state index is 0.641. The maximum Gasteiger partial charge on any atom is 0.145 e. The molecule has 98 valence electrons. The van der Waals surface area contributed by atoms with Crippen molar-refractivity contribution in [3.8, 4) is 11.5 Å². The van der Waals surface area contributed by atoms with E-state index in [-0.39, 0.29) is 0 Å². The molecule has 1 N–H and O–H groups in total. The normalized spacial score (nSPS) is 14.4. The van der Waals surface area contributed by atoms with Crippen LogP contribution in [0.1, 0.15) is 18.4 Å². The number of rotatable bonds is 5. The quantitative estimate of drug-likeness (QED) is 0.901. The van der Waals surface area contributed by atoms with Crippen LogP contribution in [0.4, 0.5) is 0 Å². The van der Waals surface area contributed by atoms with Crippen LogP contribution >= 0.6 is 11.6 Å². The molecule has 1 aliphatic rings. The number of aromatic nitrogens is 1. The molecule has 2 aromatic rings. The van der Waals surface area contributed by atoms with Crippen LogP contribution in [-0.4, -0.2) is 11.0 Å². The topological polar surface area (TPSA) is 34.1 Å². The lowest BCUT2D eigenvalue weighted by atomic mass is 10.2. The predicted molar refractivity (Wildman–Crippen MR) is 75.6 cm³/mol. The Balaban J connectivity index is 1.80. The molecule has 0 amide bonds. The van der Waals surface area contributed by atoms with E-state index < -0.39 is 0 Å². The Morgan fingerprint density at radius 2 is 2.16 bits per heavy atom. The molecule has 1 aromatic heterocycles. The molecule has 3 rings (SSSR count). The van der Waals surface area contributed by atoms with Gasteiger partial charge in [0.1, 0.15) is 11.5 Å². The van der Waals surface area contributed by atoms with Crippen molar-refractivity contribution in [2.75, 3.05) is 0 Å². The first kappa shape index (κ1) is 12.5. The molecule has 0 bridgehead atoms. The fraction of sp³-hybridized carbons (Fsp3) is 0.267. The van der Waals surface area contributed by atoms with Crippen LogP contribution in [-0.2, 0) is 6.54 Å². The zero-order valence-corrected chi connectivity index (χ0v) is 11.2. The van der Waals surface area contributed by atoms with Gasteiger partial charge in [0.2, 0.25) is 0 Å².